The first-order chi connectivity index (χ1) is 8.92. The molecule has 3 rings (SSSR count). The summed E-state index contributed by atoms with van der Waals surface area (Å²) in [5, 5.41) is 17.8. The number of hydrogen-bond donors (Lipinski definition) is 1. The molecule has 0 aliphatic rings. The zero-order valence-electron chi connectivity index (χ0n) is 9.30. The summed E-state index contributed by atoms with van der Waals surface area (Å²) in [6, 6.07) is 3.67. The Morgan fingerprint density at radius 2 is 2.11 bits per heavy atom. The minimum atomic E-state index is 0.465. The molecule has 0 aliphatic carbocycles. The van der Waals surface area contributed by atoms with Crippen molar-refractivity contribution < 1.29 is 4.68 Å². The van der Waals surface area contributed by atoms with Crippen LogP contribution in [0, 0.1) is 0 Å². The Labute approximate surface area is 102 Å². The van der Waals surface area contributed by atoms with Crippen molar-refractivity contribution in [3.63, 3.8) is 0 Å². The maximum Gasteiger partial charge on any atom is 0.241 e. The van der Waals surface area contributed by atoms with Gasteiger partial charge in [-0.2, -0.15) is 5.21 Å². The molecule has 3 heterocycles. The number of nitrogens with zero attached hydrogens (tertiary/aromatic N) is 7. The van der Waals surface area contributed by atoms with Crippen molar-refractivity contribution in [3.8, 4) is 11.4 Å². The Bertz CT molecular complexity index is 604. The first-order valence-corrected chi connectivity index (χ1v) is 5.27. The molecule has 0 atom stereocenters. The van der Waals surface area contributed by atoms with Crippen LogP contribution >= 0.6 is 0 Å². The minimum Gasteiger partial charge on any atom is -0.237 e. The third-order valence-corrected chi connectivity index (χ3v) is 2.29. The van der Waals surface area contributed by atoms with Gasteiger partial charge < -0.3 is 0 Å². The lowest BCUT2D eigenvalue weighted by Gasteiger charge is -1.96. The molecule has 0 radical (unpaired) electrons. The van der Waals surface area contributed by atoms with E-state index >= 15 is 0 Å². The van der Waals surface area contributed by atoms with Crippen molar-refractivity contribution in [2.75, 3.05) is 0 Å². The highest BCUT2D eigenvalue weighted by Crippen LogP contribution is 2.09. The summed E-state index contributed by atoms with van der Waals surface area (Å²) in [6.07, 6.45) is 6.92. The average molecular weight is 241 g/mol. The van der Waals surface area contributed by atoms with Gasteiger partial charge in [0.15, 0.2) is 12.0 Å². The zero-order chi connectivity index (χ0) is 12.2. The monoisotopic (exact) mass is 241 g/mol. The van der Waals surface area contributed by atoms with E-state index < -0.39 is 0 Å². The van der Waals surface area contributed by atoms with Crippen molar-refractivity contribution in [1.29, 1.82) is 0 Å². The summed E-state index contributed by atoms with van der Waals surface area (Å²) in [5.41, 5.74) is 0.861. The van der Waals surface area contributed by atoms with Crippen molar-refractivity contribution in [1.82, 2.24) is 35.7 Å². The number of hydrogen-bond acceptors (Lipinski definition) is 6. The molecule has 0 saturated heterocycles. The van der Waals surface area contributed by atoms with Gasteiger partial charge in [0.25, 0.3) is 0 Å². The van der Waals surface area contributed by atoms with Crippen LogP contribution in [0.4, 0.5) is 0 Å². The van der Waals surface area contributed by atoms with E-state index in [0.717, 1.165) is 5.56 Å². The maximum atomic E-state index is 4.24. The molecule has 3 aromatic heterocycles. The standard InChI is InChI=1S/C10H9N8/c1-3-11-10(12-4-1)8-2-5-18(13-6-8)7-9-14-16-17-15-9/h1-6H,7H2,(H,14,15,16,17)/q+1. The Morgan fingerprint density at radius 1 is 1.22 bits per heavy atom. The van der Waals surface area contributed by atoms with Gasteiger partial charge in [-0.3, -0.25) is 0 Å². The first-order valence-electron chi connectivity index (χ1n) is 5.27. The third kappa shape index (κ3) is 2.17. The molecule has 8 heteroatoms. The van der Waals surface area contributed by atoms with E-state index in [1.165, 1.54) is 0 Å². The minimum absolute atomic E-state index is 0.465. The fourth-order valence-corrected chi connectivity index (χ4v) is 1.45. The van der Waals surface area contributed by atoms with E-state index in [-0.39, 0.29) is 0 Å². The van der Waals surface area contributed by atoms with E-state index in [9.17, 15) is 0 Å². The smallest absolute Gasteiger partial charge is 0.237 e. The SMILES string of the molecule is c1cnc(-c2cc[n+](Cc3nn[nH]n3)nc2)nc1. The summed E-state index contributed by atoms with van der Waals surface area (Å²) < 4.78 is 1.71. The largest absolute Gasteiger partial charge is 0.241 e. The molecule has 0 unspecified atom stereocenters. The second kappa shape index (κ2) is 4.62. The quantitative estimate of drug-likeness (QED) is 0.614. The normalized spacial score (nSPS) is 10.4. The van der Waals surface area contributed by atoms with E-state index in [1.54, 1.807) is 29.3 Å². The molecular formula is C10H9N8+. The van der Waals surface area contributed by atoms with Gasteiger partial charge in [0.05, 0.1) is 0 Å². The van der Waals surface area contributed by atoms with Gasteiger partial charge in [-0.05, 0) is 16.4 Å². The fourth-order valence-electron chi connectivity index (χ4n) is 1.45. The van der Waals surface area contributed by atoms with E-state index in [1.807, 2.05) is 12.3 Å². The molecule has 0 aliphatic heterocycles. The van der Waals surface area contributed by atoms with E-state index in [4.69, 9.17) is 0 Å². The summed E-state index contributed by atoms with van der Waals surface area (Å²) in [5.74, 6) is 1.23. The van der Waals surface area contributed by atoms with Crippen LogP contribution in [-0.2, 0) is 6.54 Å². The summed E-state index contributed by atoms with van der Waals surface area (Å²) in [6.45, 7) is 0.465. The predicted octanol–water partition coefficient (Wildman–Crippen LogP) is -0.613. The molecule has 8 nitrogen and oxygen atoms in total. The lowest BCUT2D eigenvalue weighted by molar-refractivity contribution is -0.747. The van der Waals surface area contributed by atoms with Gasteiger partial charge in [-0.25, -0.2) is 9.97 Å². The van der Waals surface area contributed by atoms with Crippen LogP contribution in [0.3, 0.4) is 0 Å². The van der Waals surface area contributed by atoms with Crippen molar-refractivity contribution in [3.05, 3.63) is 42.7 Å². The van der Waals surface area contributed by atoms with Crippen molar-refractivity contribution in [2.45, 2.75) is 6.54 Å². The van der Waals surface area contributed by atoms with Crippen LogP contribution in [0.25, 0.3) is 11.4 Å². The molecular weight excluding hydrogens is 232 g/mol. The molecule has 0 saturated carbocycles. The summed E-state index contributed by atoms with van der Waals surface area (Å²) >= 11 is 0. The van der Waals surface area contributed by atoms with Gasteiger partial charge in [0.2, 0.25) is 12.4 Å². The first kappa shape index (κ1) is 10.4. The number of tetrazole rings is 1. The molecule has 0 amide bonds. The average Bonchev–Trinajstić information content (AvgIpc) is 2.94. The predicted molar refractivity (Wildman–Crippen MR) is 58.7 cm³/mol. The number of H-pyrrole nitrogens is 1. The Kier molecular flexibility index (Phi) is 2.66. The molecule has 0 spiro atoms. The third-order valence-electron chi connectivity index (χ3n) is 2.29. The van der Waals surface area contributed by atoms with E-state index in [2.05, 4.69) is 35.7 Å². The van der Waals surface area contributed by atoms with Crippen molar-refractivity contribution in [2.24, 2.45) is 0 Å². The highest BCUT2D eigenvalue weighted by molar-refractivity contribution is 5.51. The van der Waals surface area contributed by atoms with Crippen molar-refractivity contribution >= 4 is 0 Å². The lowest BCUT2D eigenvalue weighted by atomic mass is 10.3. The summed E-state index contributed by atoms with van der Waals surface area (Å²) in [4.78, 5) is 8.31. The van der Waals surface area contributed by atoms with Crippen LogP contribution in [0.1, 0.15) is 5.82 Å². The maximum absolute atomic E-state index is 4.24. The highest BCUT2D eigenvalue weighted by atomic mass is 15.5. The van der Waals surface area contributed by atoms with Gasteiger partial charge in [-0.1, -0.05) is 4.68 Å². The van der Waals surface area contributed by atoms with Gasteiger partial charge in [0, 0.05) is 24.0 Å². The van der Waals surface area contributed by atoms with Gasteiger partial charge in [0.1, 0.15) is 6.20 Å². The van der Waals surface area contributed by atoms with Crippen LogP contribution < -0.4 is 4.68 Å². The second-order valence-corrected chi connectivity index (χ2v) is 3.51. The topological polar surface area (TPSA) is 97.0 Å². The fraction of sp³-hybridized carbons (Fsp3) is 0.100. The van der Waals surface area contributed by atoms with Crippen LogP contribution in [0.15, 0.2) is 36.9 Å². The van der Waals surface area contributed by atoms with Crippen LogP contribution in [0.5, 0.6) is 0 Å². The Morgan fingerprint density at radius 3 is 2.78 bits per heavy atom. The molecule has 3 aromatic rings. The molecule has 0 bridgehead atoms. The zero-order valence-corrected chi connectivity index (χ0v) is 9.30. The molecule has 88 valence electrons. The van der Waals surface area contributed by atoms with Crippen LogP contribution in [0.2, 0.25) is 0 Å². The van der Waals surface area contributed by atoms with Gasteiger partial charge >= 0.3 is 0 Å². The number of rotatable bonds is 3. The molecule has 1 N–H and O–H groups in total. The second-order valence-electron chi connectivity index (χ2n) is 3.51. The van der Waals surface area contributed by atoms with Gasteiger partial charge in [-0.15, -0.1) is 10.2 Å². The molecule has 0 fully saturated rings. The summed E-state index contributed by atoms with van der Waals surface area (Å²) in [7, 11) is 0. The Hall–Kier alpha value is -2.77. The number of aromatic nitrogens is 8. The molecule has 0 aromatic carbocycles. The number of nitrogens with one attached hydrogen (secondary N) is 1. The van der Waals surface area contributed by atoms with E-state index in [0.29, 0.717) is 18.2 Å². The highest BCUT2D eigenvalue weighted by Gasteiger charge is 2.09. The number of aromatic amines is 1. The van der Waals surface area contributed by atoms with Crippen LogP contribution in [-0.4, -0.2) is 35.7 Å². The Balaban J connectivity index is 1.81. The molecule has 18 heavy (non-hydrogen) atoms. The lowest BCUT2D eigenvalue weighted by Crippen LogP contribution is -2.38.